The predicted octanol–water partition coefficient (Wildman–Crippen LogP) is 0.650. The molecule has 0 aliphatic carbocycles. The molecule has 7 nitrogen and oxygen atoms in total. The number of piperidine rings is 1. The molecule has 2 amide bonds. The molecule has 1 aromatic rings. The predicted molar refractivity (Wildman–Crippen MR) is 88.7 cm³/mol. The van der Waals surface area contributed by atoms with Crippen molar-refractivity contribution in [3.63, 3.8) is 0 Å². The summed E-state index contributed by atoms with van der Waals surface area (Å²) in [6, 6.07) is -0.441. The molecule has 0 bridgehead atoms. The Labute approximate surface area is 145 Å². The number of carbonyl (C=O) groups is 2. The number of rotatable bonds is 2. The molecule has 3 rings (SSSR count). The summed E-state index contributed by atoms with van der Waals surface area (Å²) in [5, 5.41) is 15.3. The Kier molecular flexibility index (Phi) is 4.89. The highest BCUT2D eigenvalue weighted by Gasteiger charge is 2.44. The van der Waals surface area contributed by atoms with Crippen molar-refractivity contribution in [3.05, 3.63) is 16.6 Å². The van der Waals surface area contributed by atoms with Crippen molar-refractivity contribution in [1.29, 1.82) is 0 Å². The average Bonchev–Trinajstić information content (AvgIpc) is 3.01. The van der Waals surface area contributed by atoms with Crippen LogP contribution in [-0.2, 0) is 9.53 Å². The van der Waals surface area contributed by atoms with Crippen LogP contribution in [0.4, 0.5) is 0 Å². The smallest absolute Gasteiger partial charge is 0.273 e. The van der Waals surface area contributed by atoms with Crippen LogP contribution in [0.15, 0.2) is 10.9 Å². The lowest BCUT2D eigenvalue weighted by Gasteiger charge is -2.38. The Morgan fingerprint density at radius 1 is 1.54 bits per heavy atom. The van der Waals surface area contributed by atoms with Crippen LogP contribution in [0.5, 0.6) is 0 Å². The number of hydrogen-bond donors (Lipinski definition) is 2. The topological polar surface area (TPSA) is 91.8 Å². The van der Waals surface area contributed by atoms with Gasteiger partial charge in [-0.25, -0.2) is 4.98 Å². The maximum absolute atomic E-state index is 12.5. The second-order valence-corrected chi connectivity index (χ2v) is 7.58. The number of ether oxygens (including phenoxy) is 1. The molecule has 2 fully saturated rings. The summed E-state index contributed by atoms with van der Waals surface area (Å²) in [6.45, 7) is 4.59. The van der Waals surface area contributed by atoms with Gasteiger partial charge in [0.25, 0.3) is 5.91 Å². The lowest BCUT2D eigenvalue weighted by molar-refractivity contribution is -0.122. The van der Waals surface area contributed by atoms with Gasteiger partial charge in [0, 0.05) is 31.3 Å². The molecule has 0 radical (unpaired) electrons. The Balaban J connectivity index is 1.71. The van der Waals surface area contributed by atoms with E-state index < -0.39 is 11.6 Å². The molecule has 0 spiro atoms. The highest BCUT2D eigenvalue weighted by Crippen LogP contribution is 2.33. The molecule has 3 heterocycles. The Hall–Kier alpha value is -1.51. The molecule has 0 aromatic carbocycles. The van der Waals surface area contributed by atoms with Crippen molar-refractivity contribution in [2.24, 2.45) is 5.92 Å². The second kappa shape index (κ2) is 6.78. The van der Waals surface area contributed by atoms with Gasteiger partial charge in [-0.05, 0) is 19.8 Å². The van der Waals surface area contributed by atoms with Crippen LogP contribution >= 0.6 is 11.3 Å². The number of aromatic nitrogens is 1. The van der Waals surface area contributed by atoms with E-state index in [0.717, 1.165) is 6.42 Å². The molecule has 8 heteroatoms. The van der Waals surface area contributed by atoms with Crippen molar-refractivity contribution >= 4 is 23.2 Å². The number of carbonyl (C=O) groups excluding carboxylic acids is 2. The van der Waals surface area contributed by atoms with E-state index in [0.29, 0.717) is 25.2 Å². The highest BCUT2D eigenvalue weighted by atomic mass is 32.1. The monoisotopic (exact) mass is 353 g/mol. The quantitative estimate of drug-likeness (QED) is 0.814. The molecule has 2 aliphatic rings. The van der Waals surface area contributed by atoms with Gasteiger partial charge >= 0.3 is 0 Å². The van der Waals surface area contributed by atoms with Crippen molar-refractivity contribution in [2.75, 3.05) is 19.7 Å². The lowest BCUT2D eigenvalue weighted by Crippen LogP contribution is -2.53. The molecule has 2 aliphatic heterocycles. The molecule has 132 valence electrons. The molecule has 0 unspecified atom stereocenters. The van der Waals surface area contributed by atoms with Gasteiger partial charge in [0.2, 0.25) is 5.91 Å². The average molecular weight is 353 g/mol. The lowest BCUT2D eigenvalue weighted by atomic mass is 9.82. The van der Waals surface area contributed by atoms with E-state index >= 15 is 0 Å². The van der Waals surface area contributed by atoms with Crippen LogP contribution in [0.2, 0.25) is 0 Å². The summed E-state index contributed by atoms with van der Waals surface area (Å²) in [6.07, 6.45) is 1.20. The van der Waals surface area contributed by atoms with E-state index in [2.05, 4.69) is 10.3 Å². The maximum Gasteiger partial charge on any atom is 0.273 e. The Morgan fingerprint density at radius 3 is 3.00 bits per heavy atom. The van der Waals surface area contributed by atoms with Crippen molar-refractivity contribution in [2.45, 2.75) is 44.4 Å². The summed E-state index contributed by atoms with van der Waals surface area (Å²) in [4.78, 5) is 29.7. The SMILES string of the molecule is CC(=O)N[C@@H]1CO[C@@H]2CCN(C(=O)c3cscn3)C[C@@H]2C[C@@]1(C)O. The zero-order valence-electron chi connectivity index (χ0n) is 13.9. The van der Waals surface area contributed by atoms with Gasteiger partial charge in [0.15, 0.2) is 0 Å². The minimum absolute atomic E-state index is 0.00489. The second-order valence-electron chi connectivity index (χ2n) is 6.86. The summed E-state index contributed by atoms with van der Waals surface area (Å²) < 4.78 is 5.95. The van der Waals surface area contributed by atoms with Gasteiger partial charge in [-0.2, -0.15) is 0 Å². The number of nitrogens with zero attached hydrogens (tertiary/aromatic N) is 2. The van der Waals surface area contributed by atoms with E-state index in [1.807, 2.05) is 0 Å². The first-order valence-corrected chi connectivity index (χ1v) is 9.09. The molecule has 4 atom stereocenters. The fourth-order valence-electron chi connectivity index (χ4n) is 3.61. The first-order valence-electron chi connectivity index (χ1n) is 8.15. The zero-order chi connectivity index (χ0) is 17.3. The first kappa shape index (κ1) is 17.3. The number of nitrogens with one attached hydrogen (secondary N) is 1. The maximum atomic E-state index is 12.5. The van der Waals surface area contributed by atoms with Crippen LogP contribution in [-0.4, -0.2) is 64.2 Å². The fraction of sp³-hybridized carbons (Fsp3) is 0.688. The zero-order valence-corrected chi connectivity index (χ0v) is 14.7. The number of aliphatic hydroxyl groups is 1. The Bertz CT molecular complexity index is 604. The summed E-state index contributed by atoms with van der Waals surface area (Å²) in [7, 11) is 0. The molecule has 2 saturated heterocycles. The summed E-state index contributed by atoms with van der Waals surface area (Å²) in [5.41, 5.74) is 1.05. The molecule has 24 heavy (non-hydrogen) atoms. The number of amides is 2. The van der Waals surface area contributed by atoms with Crippen LogP contribution in [0.25, 0.3) is 0 Å². The molecule has 0 saturated carbocycles. The van der Waals surface area contributed by atoms with Crippen LogP contribution < -0.4 is 5.32 Å². The third-order valence-corrected chi connectivity index (χ3v) is 5.47. The molecule has 1 aromatic heterocycles. The van der Waals surface area contributed by atoms with Gasteiger partial charge in [-0.1, -0.05) is 0 Å². The minimum Gasteiger partial charge on any atom is -0.388 e. The number of likely N-dealkylation sites (tertiary alicyclic amines) is 1. The van der Waals surface area contributed by atoms with Gasteiger partial charge in [-0.15, -0.1) is 11.3 Å². The van der Waals surface area contributed by atoms with Gasteiger partial charge in [0.1, 0.15) is 5.69 Å². The van der Waals surface area contributed by atoms with Gasteiger partial charge in [0.05, 0.1) is 29.9 Å². The minimum atomic E-state index is -1.07. The van der Waals surface area contributed by atoms with Crippen LogP contribution in [0.1, 0.15) is 37.2 Å². The normalized spacial score (nSPS) is 33.5. The Morgan fingerprint density at radius 2 is 2.33 bits per heavy atom. The van der Waals surface area contributed by atoms with Crippen molar-refractivity contribution in [1.82, 2.24) is 15.2 Å². The van der Waals surface area contributed by atoms with E-state index in [1.54, 1.807) is 22.7 Å². The highest BCUT2D eigenvalue weighted by molar-refractivity contribution is 7.07. The molecule has 2 N–H and O–H groups in total. The standard InChI is InChI=1S/C16H23N3O4S/c1-10(20)18-14-7-23-13-3-4-19(6-11(13)5-16(14,2)22)15(21)12-8-24-9-17-12/h8-9,11,13-14,22H,3-7H2,1-2H3,(H,18,20)/t11-,13+,14+,16+/m0/s1. The summed E-state index contributed by atoms with van der Waals surface area (Å²) in [5.74, 6) is -0.221. The molecular weight excluding hydrogens is 330 g/mol. The number of thiazole rings is 1. The largest absolute Gasteiger partial charge is 0.388 e. The fourth-order valence-corrected chi connectivity index (χ4v) is 4.13. The van der Waals surface area contributed by atoms with Crippen LogP contribution in [0.3, 0.4) is 0 Å². The van der Waals surface area contributed by atoms with Gasteiger partial charge in [-0.3, -0.25) is 9.59 Å². The summed E-state index contributed by atoms with van der Waals surface area (Å²) >= 11 is 1.40. The van der Waals surface area contributed by atoms with Gasteiger partial charge < -0.3 is 20.1 Å². The van der Waals surface area contributed by atoms with E-state index in [9.17, 15) is 14.7 Å². The number of fused-ring (bicyclic) bond motifs is 1. The third kappa shape index (κ3) is 3.60. The van der Waals surface area contributed by atoms with E-state index in [4.69, 9.17) is 4.74 Å². The third-order valence-electron chi connectivity index (χ3n) is 4.88. The van der Waals surface area contributed by atoms with Crippen molar-refractivity contribution in [3.8, 4) is 0 Å². The van der Waals surface area contributed by atoms with Crippen LogP contribution in [0, 0.1) is 5.92 Å². The van der Waals surface area contributed by atoms with E-state index in [1.165, 1.54) is 18.3 Å². The first-order chi connectivity index (χ1) is 11.4. The molecular formula is C16H23N3O4S. The number of hydrogen-bond acceptors (Lipinski definition) is 6. The van der Waals surface area contributed by atoms with E-state index in [-0.39, 0.29) is 30.4 Å². The van der Waals surface area contributed by atoms with Crippen molar-refractivity contribution < 1.29 is 19.4 Å².